The third-order valence-corrected chi connectivity index (χ3v) is 4.13. The number of carboxylic acid groups (broad SMARTS) is 1. The Labute approximate surface area is 168 Å². The number of hydrazone groups is 1. The number of hydrogen-bond acceptors (Lipinski definition) is 5. The zero-order valence-corrected chi connectivity index (χ0v) is 16.4. The monoisotopic (exact) mass is 488 g/mol. The molecule has 136 valence electrons. The van der Waals surface area contributed by atoms with Crippen LogP contribution in [0.2, 0.25) is 5.02 Å². The van der Waals surface area contributed by atoms with Gasteiger partial charge in [-0.3, -0.25) is 4.79 Å². The summed E-state index contributed by atoms with van der Waals surface area (Å²) < 4.78 is 11.1. The Hall–Kier alpha value is -2.33. The first-order valence-electron chi connectivity index (χ1n) is 7.22. The molecule has 0 fully saturated rings. The second-order valence-electron chi connectivity index (χ2n) is 4.92. The number of carboxylic acids is 1. The van der Waals surface area contributed by atoms with Crippen LogP contribution < -0.4 is 14.9 Å². The Balaban J connectivity index is 2.09. The molecule has 0 saturated heterocycles. The van der Waals surface area contributed by atoms with Crippen molar-refractivity contribution in [2.24, 2.45) is 5.10 Å². The lowest BCUT2D eigenvalue weighted by Crippen LogP contribution is -2.17. The van der Waals surface area contributed by atoms with E-state index in [1.54, 1.807) is 36.4 Å². The van der Waals surface area contributed by atoms with Crippen molar-refractivity contribution in [1.29, 1.82) is 0 Å². The van der Waals surface area contributed by atoms with Gasteiger partial charge in [0.1, 0.15) is 0 Å². The van der Waals surface area contributed by atoms with Crippen molar-refractivity contribution in [1.82, 2.24) is 5.43 Å². The fourth-order valence-corrected chi connectivity index (χ4v) is 2.83. The normalized spacial score (nSPS) is 10.6. The fourth-order valence-electron chi connectivity index (χ4n) is 1.92. The second kappa shape index (κ2) is 9.39. The van der Waals surface area contributed by atoms with E-state index >= 15 is 0 Å². The van der Waals surface area contributed by atoms with E-state index in [9.17, 15) is 9.59 Å². The van der Waals surface area contributed by atoms with Crippen LogP contribution in [0.4, 0.5) is 0 Å². The van der Waals surface area contributed by atoms with Crippen LogP contribution in [0.3, 0.4) is 0 Å². The second-order valence-corrected chi connectivity index (χ2v) is 6.52. The molecule has 2 rings (SSSR count). The van der Waals surface area contributed by atoms with Crippen LogP contribution in [0.15, 0.2) is 41.5 Å². The van der Waals surface area contributed by atoms with E-state index in [0.29, 0.717) is 31.2 Å². The van der Waals surface area contributed by atoms with Crippen LogP contribution in [0.25, 0.3) is 0 Å². The van der Waals surface area contributed by atoms with Crippen molar-refractivity contribution in [3.05, 3.63) is 56.1 Å². The minimum Gasteiger partial charge on any atom is -0.493 e. The fraction of sp³-hybridized carbons (Fsp3) is 0.118. The molecule has 26 heavy (non-hydrogen) atoms. The van der Waals surface area contributed by atoms with Gasteiger partial charge >= 0.3 is 5.97 Å². The summed E-state index contributed by atoms with van der Waals surface area (Å²) in [7, 11) is 1.45. The summed E-state index contributed by atoms with van der Waals surface area (Å²) in [6.07, 6.45) is 1.44. The maximum Gasteiger partial charge on any atom is 0.341 e. The first kappa shape index (κ1) is 20.0. The third-order valence-electron chi connectivity index (χ3n) is 3.08. The number of benzene rings is 2. The van der Waals surface area contributed by atoms with Gasteiger partial charge in [0, 0.05) is 10.6 Å². The summed E-state index contributed by atoms with van der Waals surface area (Å²) >= 11 is 7.78. The molecule has 1 amide bonds. The third kappa shape index (κ3) is 5.60. The van der Waals surface area contributed by atoms with Crippen LogP contribution >= 0.6 is 34.2 Å². The van der Waals surface area contributed by atoms with Crippen LogP contribution in [-0.2, 0) is 4.79 Å². The van der Waals surface area contributed by atoms with Crippen LogP contribution in [0, 0.1) is 3.57 Å². The Morgan fingerprint density at radius 3 is 2.62 bits per heavy atom. The van der Waals surface area contributed by atoms with Gasteiger partial charge in [0.2, 0.25) is 0 Å². The Morgan fingerprint density at radius 2 is 2.00 bits per heavy atom. The molecular weight excluding hydrogens is 475 g/mol. The topological polar surface area (TPSA) is 97.2 Å². The smallest absolute Gasteiger partial charge is 0.341 e. The first-order chi connectivity index (χ1) is 12.4. The molecule has 0 unspecified atom stereocenters. The lowest BCUT2D eigenvalue weighted by molar-refractivity contribution is -0.139. The SMILES string of the molecule is COc1cc(/C=N\NC(=O)c2ccc(Cl)cc2)cc(I)c1OCC(=O)O. The summed E-state index contributed by atoms with van der Waals surface area (Å²) in [4.78, 5) is 22.6. The number of carbonyl (C=O) groups is 2. The highest BCUT2D eigenvalue weighted by molar-refractivity contribution is 14.1. The maximum atomic E-state index is 12.0. The van der Waals surface area contributed by atoms with E-state index in [2.05, 4.69) is 10.5 Å². The molecule has 0 atom stereocenters. The molecule has 2 N–H and O–H groups in total. The summed E-state index contributed by atoms with van der Waals surface area (Å²) in [6, 6.07) is 9.75. The molecule has 9 heteroatoms. The maximum absolute atomic E-state index is 12.0. The number of amides is 1. The van der Waals surface area contributed by atoms with E-state index < -0.39 is 12.6 Å². The molecule has 0 radical (unpaired) electrons. The number of aliphatic carboxylic acids is 1. The van der Waals surface area contributed by atoms with Gasteiger partial charge in [-0.2, -0.15) is 5.10 Å². The number of nitrogens with zero attached hydrogens (tertiary/aromatic N) is 1. The molecular formula is C17H14ClIN2O5. The summed E-state index contributed by atoms with van der Waals surface area (Å²) in [5, 5.41) is 13.2. The molecule has 0 saturated carbocycles. The lowest BCUT2D eigenvalue weighted by Gasteiger charge is -2.12. The van der Waals surface area contributed by atoms with Gasteiger partial charge < -0.3 is 14.6 Å². The molecule has 0 aliphatic carbocycles. The van der Waals surface area contributed by atoms with Gasteiger partial charge in [-0.05, 0) is 64.6 Å². The molecule has 2 aromatic carbocycles. The van der Waals surface area contributed by atoms with Gasteiger partial charge in [-0.1, -0.05) is 11.6 Å². The molecule has 7 nitrogen and oxygen atoms in total. The van der Waals surface area contributed by atoms with Crippen LogP contribution in [0.5, 0.6) is 11.5 Å². The number of ether oxygens (including phenoxy) is 2. The average molecular weight is 489 g/mol. The Bertz CT molecular complexity index is 840. The summed E-state index contributed by atoms with van der Waals surface area (Å²) in [5.41, 5.74) is 3.48. The quantitative estimate of drug-likeness (QED) is 0.354. The molecule has 0 aromatic heterocycles. The molecule has 0 heterocycles. The highest BCUT2D eigenvalue weighted by Gasteiger charge is 2.12. The van der Waals surface area contributed by atoms with Crippen molar-refractivity contribution in [3.8, 4) is 11.5 Å². The minimum atomic E-state index is -1.08. The van der Waals surface area contributed by atoms with Crippen molar-refractivity contribution >= 4 is 52.3 Å². The zero-order chi connectivity index (χ0) is 19.1. The van der Waals surface area contributed by atoms with Crippen LogP contribution in [0.1, 0.15) is 15.9 Å². The number of methoxy groups -OCH3 is 1. The number of carbonyl (C=O) groups excluding carboxylic acids is 1. The standard InChI is InChI=1S/C17H14ClIN2O5/c1-25-14-7-10(6-13(19)16(14)26-9-15(22)23)8-20-21-17(24)11-2-4-12(18)5-3-11/h2-8H,9H2,1H3,(H,21,24)(H,22,23)/b20-8-. The largest absolute Gasteiger partial charge is 0.493 e. The van der Waals surface area contributed by atoms with E-state index in [-0.39, 0.29) is 5.91 Å². The molecule has 0 bridgehead atoms. The molecule has 2 aromatic rings. The van der Waals surface area contributed by atoms with Gasteiger partial charge in [0.05, 0.1) is 16.9 Å². The van der Waals surface area contributed by atoms with E-state index in [0.717, 1.165) is 0 Å². The summed E-state index contributed by atoms with van der Waals surface area (Å²) in [6.45, 7) is -0.475. The van der Waals surface area contributed by atoms with E-state index in [1.807, 2.05) is 22.6 Å². The lowest BCUT2D eigenvalue weighted by atomic mass is 10.2. The molecule has 0 aliphatic rings. The van der Waals surface area contributed by atoms with Crippen molar-refractivity contribution in [2.45, 2.75) is 0 Å². The molecule has 0 aliphatic heterocycles. The number of nitrogens with one attached hydrogen (secondary N) is 1. The van der Waals surface area contributed by atoms with Crippen molar-refractivity contribution in [3.63, 3.8) is 0 Å². The first-order valence-corrected chi connectivity index (χ1v) is 8.67. The zero-order valence-electron chi connectivity index (χ0n) is 13.5. The van der Waals surface area contributed by atoms with Gasteiger partial charge in [-0.25, -0.2) is 10.2 Å². The Kier molecular flexibility index (Phi) is 7.22. The minimum absolute atomic E-state index is 0.331. The van der Waals surface area contributed by atoms with E-state index in [1.165, 1.54) is 13.3 Å². The Morgan fingerprint density at radius 1 is 1.31 bits per heavy atom. The predicted molar refractivity (Wildman–Crippen MR) is 105 cm³/mol. The average Bonchev–Trinajstić information content (AvgIpc) is 2.60. The van der Waals surface area contributed by atoms with Crippen molar-refractivity contribution in [2.75, 3.05) is 13.7 Å². The summed E-state index contributed by atoms with van der Waals surface area (Å²) in [5.74, 6) is -0.763. The highest BCUT2D eigenvalue weighted by Crippen LogP contribution is 2.33. The predicted octanol–water partition coefficient (Wildman–Crippen LogP) is 3.18. The molecule has 0 spiro atoms. The van der Waals surface area contributed by atoms with Gasteiger partial charge in [0.25, 0.3) is 5.91 Å². The van der Waals surface area contributed by atoms with Gasteiger partial charge in [-0.15, -0.1) is 0 Å². The van der Waals surface area contributed by atoms with E-state index in [4.69, 9.17) is 26.2 Å². The highest BCUT2D eigenvalue weighted by atomic mass is 127. The van der Waals surface area contributed by atoms with Crippen LogP contribution in [-0.4, -0.2) is 36.9 Å². The number of halogens is 2. The van der Waals surface area contributed by atoms with Crippen molar-refractivity contribution < 1.29 is 24.2 Å². The van der Waals surface area contributed by atoms with Gasteiger partial charge in [0.15, 0.2) is 18.1 Å². The number of hydrogen-bond donors (Lipinski definition) is 2. The number of rotatable bonds is 7.